The quantitative estimate of drug-likeness (QED) is 0.369. The number of alkyl halides is 1. The lowest BCUT2D eigenvalue weighted by Gasteiger charge is -2.07. The van der Waals surface area contributed by atoms with Crippen molar-refractivity contribution in [2.45, 2.75) is 13.1 Å². The molecule has 0 radical (unpaired) electrons. The smallest absolute Gasteiger partial charge is 0.325 e. The van der Waals surface area contributed by atoms with Crippen LogP contribution < -0.4 is 16.0 Å². The number of fused-ring (bicyclic) bond motifs is 1. The number of carbonyl (C=O) groups excluding carboxylic acids is 1. The van der Waals surface area contributed by atoms with Crippen molar-refractivity contribution < 1.29 is 13.6 Å². The van der Waals surface area contributed by atoms with Gasteiger partial charge in [0.25, 0.3) is 0 Å². The van der Waals surface area contributed by atoms with E-state index in [9.17, 15) is 13.6 Å². The molecule has 0 spiro atoms. The average Bonchev–Trinajstić information content (AvgIpc) is 3.37. The van der Waals surface area contributed by atoms with E-state index in [4.69, 9.17) is 0 Å². The molecule has 0 fully saturated rings. The van der Waals surface area contributed by atoms with Gasteiger partial charge in [-0.3, -0.25) is 5.32 Å². The Morgan fingerprint density at radius 3 is 2.90 bits per heavy atom. The summed E-state index contributed by atoms with van der Waals surface area (Å²) in [6, 6.07) is 4.94. The number of nitrogens with one attached hydrogen (secondary N) is 3. The van der Waals surface area contributed by atoms with E-state index in [2.05, 4.69) is 30.9 Å². The van der Waals surface area contributed by atoms with Crippen LogP contribution in [0.2, 0.25) is 0 Å². The number of hydrogen-bond acceptors (Lipinski definition) is 7. The zero-order valence-electron chi connectivity index (χ0n) is 15.5. The molecular weight excluding hydrogens is 430 g/mol. The summed E-state index contributed by atoms with van der Waals surface area (Å²) in [7, 11) is 0. The number of amides is 2. The van der Waals surface area contributed by atoms with Crippen LogP contribution in [0.25, 0.3) is 10.2 Å². The molecule has 30 heavy (non-hydrogen) atoms. The summed E-state index contributed by atoms with van der Waals surface area (Å²) in [4.78, 5) is 25.7. The number of nitrogens with zero attached hydrogens (tertiary/aromatic N) is 3. The van der Waals surface area contributed by atoms with E-state index < -0.39 is 18.5 Å². The third-order valence-electron chi connectivity index (χ3n) is 4.05. The van der Waals surface area contributed by atoms with E-state index in [0.29, 0.717) is 18.1 Å². The molecule has 4 aromatic rings. The minimum atomic E-state index is -0.815. The third-order valence-corrected chi connectivity index (χ3v) is 5.93. The second-order valence-electron chi connectivity index (χ2n) is 6.23. The lowest BCUT2D eigenvalue weighted by molar-refractivity contribution is 0.262. The molecule has 7 nitrogen and oxygen atoms in total. The van der Waals surface area contributed by atoms with Crippen LogP contribution in [0.1, 0.15) is 10.4 Å². The first-order chi connectivity index (χ1) is 14.6. The van der Waals surface area contributed by atoms with Crippen LogP contribution >= 0.6 is 22.7 Å². The predicted molar refractivity (Wildman–Crippen MR) is 116 cm³/mol. The summed E-state index contributed by atoms with van der Waals surface area (Å²) in [5.74, 6) is 0.174. The number of benzene rings is 1. The van der Waals surface area contributed by atoms with Gasteiger partial charge in [-0.25, -0.2) is 28.5 Å². The van der Waals surface area contributed by atoms with Crippen LogP contribution in [-0.4, -0.2) is 27.5 Å². The fourth-order valence-electron chi connectivity index (χ4n) is 2.76. The Hall–Kier alpha value is -3.18. The van der Waals surface area contributed by atoms with Gasteiger partial charge in [-0.05, 0) is 35.2 Å². The monoisotopic (exact) mass is 446 g/mol. The molecule has 154 valence electrons. The first-order valence-corrected chi connectivity index (χ1v) is 10.6. The molecule has 3 aromatic heterocycles. The second-order valence-corrected chi connectivity index (χ2v) is 8.26. The van der Waals surface area contributed by atoms with Crippen molar-refractivity contribution in [3.8, 4) is 0 Å². The number of urea groups is 1. The van der Waals surface area contributed by atoms with Crippen molar-refractivity contribution in [1.82, 2.24) is 15.0 Å². The van der Waals surface area contributed by atoms with E-state index in [1.807, 2.05) is 11.4 Å². The largest absolute Gasteiger partial charge is 0.368 e. The number of rotatable bonds is 7. The highest BCUT2D eigenvalue weighted by Crippen LogP contribution is 2.25. The van der Waals surface area contributed by atoms with E-state index >= 15 is 0 Å². The van der Waals surface area contributed by atoms with E-state index in [1.54, 1.807) is 17.5 Å². The molecule has 0 aliphatic carbocycles. The van der Waals surface area contributed by atoms with Gasteiger partial charge in [-0.1, -0.05) is 0 Å². The first kappa shape index (κ1) is 20.1. The molecule has 3 heterocycles. The fraction of sp³-hybridized carbons (Fsp3) is 0.158. The molecule has 11 heteroatoms. The van der Waals surface area contributed by atoms with Crippen LogP contribution in [0, 0.1) is 5.82 Å². The summed E-state index contributed by atoms with van der Waals surface area (Å²) in [5, 5.41) is 10.8. The lowest BCUT2D eigenvalue weighted by atomic mass is 10.2. The van der Waals surface area contributed by atoms with Crippen LogP contribution in [0.4, 0.5) is 30.2 Å². The highest BCUT2D eigenvalue weighted by Gasteiger charge is 2.09. The Morgan fingerprint density at radius 2 is 2.03 bits per heavy atom. The van der Waals surface area contributed by atoms with Crippen molar-refractivity contribution in [3.63, 3.8) is 0 Å². The molecule has 0 unspecified atom stereocenters. The van der Waals surface area contributed by atoms with Crippen molar-refractivity contribution >= 4 is 55.6 Å². The van der Waals surface area contributed by atoms with Gasteiger partial charge < -0.3 is 10.6 Å². The normalized spacial score (nSPS) is 10.9. The first-order valence-electron chi connectivity index (χ1n) is 8.91. The van der Waals surface area contributed by atoms with E-state index in [-0.39, 0.29) is 11.3 Å². The molecule has 1 aromatic carbocycles. The highest BCUT2D eigenvalue weighted by molar-refractivity contribution is 7.17. The third kappa shape index (κ3) is 4.86. The molecular formula is C19H16F2N6OS2. The lowest BCUT2D eigenvalue weighted by Crippen LogP contribution is -2.19. The molecule has 3 N–H and O–H groups in total. The Labute approximate surface area is 178 Å². The van der Waals surface area contributed by atoms with E-state index in [1.165, 1.54) is 23.7 Å². The number of hydrogen-bond donors (Lipinski definition) is 3. The van der Waals surface area contributed by atoms with Gasteiger partial charge in [0, 0.05) is 29.7 Å². The standard InChI is InChI=1S/C19H16F2N6OS2/c20-8-11-5-12(21)7-13(6-11)26-18(28)27-19-23-9-14(30-19)1-3-22-17-16-15(2-4-29-16)24-10-25-17/h2,4-7,9-10H,1,3,8H2,(H,22,24,25)(H2,23,26,27,28). The minimum Gasteiger partial charge on any atom is -0.368 e. The Balaban J connectivity index is 1.30. The molecule has 2 amide bonds. The Morgan fingerprint density at radius 1 is 1.13 bits per heavy atom. The number of anilines is 3. The maximum atomic E-state index is 13.4. The van der Waals surface area contributed by atoms with Gasteiger partial charge in [0.2, 0.25) is 0 Å². The molecule has 0 aliphatic heterocycles. The summed E-state index contributed by atoms with van der Waals surface area (Å²) in [6.45, 7) is -0.169. The molecule has 0 saturated carbocycles. The van der Waals surface area contributed by atoms with Crippen LogP contribution in [0.3, 0.4) is 0 Å². The van der Waals surface area contributed by atoms with Gasteiger partial charge in [0.05, 0.1) is 10.2 Å². The summed E-state index contributed by atoms with van der Waals surface area (Å²) in [5.41, 5.74) is 1.23. The average molecular weight is 447 g/mol. The Kier molecular flexibility index (Phi) is 6.10. The maximum absolute atomic E-state index is 13.4. The zero-order valence-corrected chi connectivity index (χ0v) is 17.1. The van der Waals surface area contributed by atoms with Gasteiger partial charge in [0.15, 0.2) is 5.13 Å². The second kappa shape index (κ2) is 9.09. The van der Waals surface area contributed by atoms with Crippen molar-refractivity contribution in [3.05, 3.63) is 58.4 Å². The number of carbonyl (C=O) groups is 1. The van der Waals surface area contributed by atoms with Crippen LogP contribution in [0.15, 0.2) is 42.2 Å². The summed E-state index contributed by atoms with van der Waals surface area (Å²) in [6.07, 6.45) is 3.91. The van der Waals surface area contributed by atoms with E-state index in [0.717, 1.165) is 33.0 Å². The van der Waals surface area contributed by atoms with Gasteiger partial charge in [-0.15, -0.1) is 22.7 Å². The maximum Gasteiger partial charge on any atom is 0.325 e. The molecule has 0 bridgehead atoms. The van der Waals surface area contributed by atoms with Crippen molar-refractivity contribution in [2.24, 2.45) is 0 Å². The molecule has 4 rings (SSSR count). The van der Waals surface area contributed by atoms with Crippen LogP contribution in [-0.2, 0) is 13.1 Å². The highest BCUT2D eigenvalue weighted by atomic mass is 32.1. The predicted octanol–water partition coefficient (Wildman–Crippen LogP) is 5.06. The molecule has 0 saturated heterocycles. The summed E-state index contributed by atoms with van der Waals surface area (Å²) >= 11 is 2.91. The number of thiophene rings is 1. The fourth-order valence-corrected chi connectivity index (χ4v) is 4.38. The Bertz CT molecular complexity index is 1180. The van der Waals surface area contributed by atoms with Crippen LogP contribution in [0.5, 0.6) is 0 Å². The topological polar surface area (TPSA) is 91.8 Å². The number of halogens is 2. The van der Waals surface area contributed by atoms with Crippen molar-refractivity contribution in [2.75, 3.05) is 22.5 Å². The van der Waals surface area contributed by atoms with Gasteiger partial charge in [-0.2, -0.15) is 0 Å². The number of aromatic nitrogens is 3. The van der Waals surface area contributed by atoms with Gasteiger partial charge in [0.1, 0.15) is 24.6 Å². The summed E-state index contributed by atoms with van der Waals surface area (Å²) < 4.78 is 27.2. The SMILES string of the molecule is O=C(Nc1cc(F)cc(CF)c1)Nc1ncc(CCNc2ncnc3ccsc23)s1. The van der Waals surface area contributed by atoms with Gasteiger partial charge >= 0.3 is 6.03 Å². The number of thiazole rings is 1. The molecule has 0 aliphatic rings. The zero-order chi connectivity index (χ0) is 20.9. The van der Waals surface area contributed by atoms with Crippen molar-refractivity contribution in [1.29, 1.82) is 0 Å². The molecule has 0 atom stereocenters. The minimum absolute atomic E-state index is 0.151.